The minimum atomic E-state index is -0.417. The van der Waals surface area contributed by atoms with E-state index in [-0.39, 0.29) is 0 Å². The number of nitrogens with two attached hydrogens (primary N) is 2. The average Bonchev–Trinajstić information content (AvgIpc) is 2.87. The lowest BCUT2D eigenvalue weighted by Gasteiger charge is -2.01. The minimum Gasteiger partial charge on any atom is -0.366 e. The third-order valence-electron chi connectivity index (χ3n) is 3.06. The molecule has 6 heteroatoms. The summed E-state index contributed by atoms with van der Waals surface area (Å²) >= 11 is 0. The fraction of sp³-hybridized carbons (Fsp3) is 0.357. The van der Waals surface area contributed by atoms with Gasteiger partial charge in [0.05, 0.1) is 12.2 Å². The van der Waals surface area contributed by atoms with Crippen LogP contribution in [0.5, 0.6) is 0 Å². The molecule has 0 radical (unpaired) electrons. The molecular formula is C14H19N5O. The molecule has 0 bridgehead atoms. The fourth-order valence-corrected chi connectivity index (χ4v) is 1.94. The number of nitrogens with zero attached hydrogens (tertiary/aromatic N) is 3. The molecule has 106 valence electrons. The van der Waals surface area contributed by atoms with Crippen molar-refractivity contribution in [1.29, 1.82) is 0 Å². The Balaban J connectivity index is 1.94. The molecule has 0 saturated heterocycles. The van der Waals surface area contributed by atoms with Gasteiger partial charge in [0.1, 0.15) is 0 Å². The second kappa shape index (κ2) is 6.81. The molecule has 0 unspecified atom stereocenters. The van der Waals surface area contributed by atoms with Crippen LogP contribution in [0.15, 0.2) is 30.5 Å². The quantitative estimate of drug-likeness (QED) is 0.725. The molecule has 1 heterocycles. The SMILES string of the molecule is NCCCCc1cn(Cc2ccc(C(N)=O)cc2)nn1. The van der Waals surface area contributed by atoms with Gasteiger partial charge < -0.3 is 11.5 Å². The van der Waals surface area contributed by atoms with Crippen LogP contribution in [0.3, 0.4) is 0 Å². The third-order valence-corrected chi connectivity index (χ3v) is 3.06. The van der Waals surface area contributed by atoms with Gasteiger partial charge in [-0.15, -0.1) is 5.10 Å². The van der Waals surface area contributed by atoms with Gasteiger partial charge in [0.25, 0.3) is 0 Å². The van der Waals surface area contributed by atoms with E-state index in [4.69, 9.17) is 11.5 Å². The number of aryl methyl sites for hydroxylation is 1. The van der Waals surface area contributed by atoms with Crippen LogP contribution in [-0.4, -0.2) is 27.4 Å². The fourth-order valence-electron chi connectivity index (χ4n) is 1.94. The third kappa shape index (κ3) is 3.89. The molecule has 4 N–H and O–H groups in total. The van der Waals surface area contributed by atoms with Crippen LogP contribution < -0.4 is 11.5 Å². The zero-order valence-corrected chi connectivity index (χ0v) is 11.3. The maximum atomic E-state index is 11.0. The monoisotopic (exact) mass is 273 g/mol. The van der Waals surface area contributed by atoms with E-state index >= 15 is 0 Å². The molecule has 0 aliphatic rings. The molecule has 0 aliphatic heterocycles. The van der Waals surface area contributed by atoms with E-state index in [1.807, 2.05) is 18.3 Å². The number of unbranched alkanes of at least 4 members (excludes halogenated alkanes) is 1. The van der Waals surface area contributed by atoms with Crippen molar-refractivity contribution >= 4 is 5.91 Å². The second-order valence-electron chi connectivity index (χ2n) is 4.71. The Kier molecular flexibility index (Phi) is 4.84. The van der Waals surface area contributed by atoms with Gasteiger partial charge in [-0.2, -0.15) is 0 Å². The molecule has 1 aromatic carbocycles. The standard InChI is InChI=1S/C14H19N5O/c15-8-2-1-3-13-10-19(18-17-13)9-11-4-6-12(7-5-11)14(16)20/h4-7,10H,1-3,8-9,15H2,(H2,16,20). The van der Waals surface area contributed by atoms with Crippen LogP contribution in [0.4, 0.5) is 0 Å². The molecule has 6 nitrogen and oxygen atoms in total. The van der Waals surface area contributed by atoms with E-state index in [2.05, 4.69) is 10.3 Å². The van der Waals surface area contributed by atoms with Crippen LogP contribution in [0.2, 0.25) is 0 Å². The summed E-state index contributed by atoms with van der Waals surface area (Å²) in [5.41, 5.74) is 13.2. The highest BCUT2D eigenvalue weighted by Gasteiger charge is 2.03. The van der Waals surface area contributed by atoms with Crippen molar-refractivity contribution in [3.63, 3.8) is 0 Å². The molecule has 1 aromatic heterocycles. The van der Waals surface area contributed by atoms with Crippen LogP contribution in [-0.2, 0) is 13.0 Å². The summed E-state index contributed by atoms with van der Waals surface area (Å²) in [7, 11) is 0. The zero-order valence-electron chi connectivity index (χ0n) is 11.3. The number of primary amides is 1. The summed E-state index contributed by atoms with van der Waals surface area (Å²) in [6.07, 6.45) is 4.88. The summed E-state index contributed by atoms with van der Waals surface area (Å²) in [6.45, 7) is 1.34. The second-order valence-corrected chi connectivity index (χ2v) is 4.71. The number of aromatic nitrogens is 3. The first kappa shape index (κ1) is 14.2. The number of amides is 1. The first-order valence-corrected chi connectivity index (χ1v) is 6.67. The smallest absolute Gasteiger partial charge is 0.248 e. The van der Waals surface area contributed by atoms with Crippen molar-refractivity contribution < 1.29 is 4.79 Å². The normalized spacial score (nSPS) is 10.7. The summed E-state index contributed by atoms with van der Waals surface area (Å²) in [4.78, 5) is 11.0. The summed E-state index contributed by atoms with van der Waals surface area (Å²) < 4.78 is 1.79. The van der Waals surface area contributed by atoms with E-state index in [0.29, 0.717) is 18.7 Å². The van der Waals surface area contributed by atoms with E-state index in [1.54, 1.807) is 16.8 Å². The number of benzene rings is 1. The molecule has 20 heavy (non-hydrogen) atoms. The lowest BCUT2D eigenvalue weighted by molar-refractivity contribution is 0.100. The van der Waals surface area contributed by atoms with E-state index < -0.39 is 5.91 Å². The molecule has 0 saturated carbocycles. The molecule has 0 fully saturated rings. The first-order valence-electron chi connectivity index (χ1n) is 6.67. The minimum absolute atomic E-state index is 0.417. The number of carbonyl (C=O) groups excluding carboxylic acids is 1. The summed E-state index contributed by atoms with van der Waals surface area (Å²) in [5.74, 6) is -0.417. The topological polar surface area (TPSA) is 99.8 Å². The highest BCUT2D eigenvalue weighted by molar-refractivity contribution is 5.92. The Hall–Kier alpha value is -2.21. The van der Waals surface area contributed by atoms with Gasteiger partial charge in [-0.1, -0.05) is 17.3 Å². The predicted octanol–water partition coefficient (Wildman–Crippen LogP) is 0.707. The van der Waals surface area contributed by atoms with Crippen LogP contribution in [0.25, 0.3) is 0 Å². The lowest BCUT2D eigenvalue weighted by atomic mass is 10.1. The van der Waals surface area contributed by atoms with E-state index in [1.165, 1.54) is 0 Å². The van der Waals surface area contributed by atoms with Crippen molar-refractivity contribution in [2.24, 2.45) is 11.5 Å². The highest BCUT2D eigenvalue weighted by Crippen LogP contribution is 2.07. The van der Waals surface area contributed by atoms with Crippen LogP contribution >= 0.6 is 0 Å². The van der Waals surface area contributed by atoms with E-state index in [9.17, 15) is 4.79 Å². The van der Waals surface area contributed by atoms with Crippen molar-refractivity contribution in [1.82, 2.24) is 15.0 Å². The molecular weight excluding hydrogens is 254 g/mol. The number of rotatable bonds is 7. The maximum Gasteiger partial charge on any atom is 0.248 e. The van der Waals surface area contributed by atoms with E-state index in [0.717, 1.165) is 30.5 Å². The Morgan fingerprint density at radius 2 is 1.95 bits per heavy atom. The number of hydrogen-bond acceptors (Lipinski definition) is 4. The van der Waals surface area contributed by atoms with Gasteiger partial charge in [0.2, 0.25) is 5.91 Å². The van der Waals surface area contributed by atoms with Gasteiger partial charge in [-0.3, -0.25) is 4.79 Å². The first-order chi connectivity index (χ1) is 9.69. The summed E-state index contributed by atoms with van der Waals surface area (Å²) in [6, 6.07) is 7.18. The Morgan fingerprint density at radius 3 is 2.60 bits per heavy atom. The highest BCUT2D eigenvalue weighted by atomic mass is 16.1. The molecule has 2 rings (SSSR count). The van der Waals surface area contributed by atoms with Crippen molar-refractivity contribution in [3.8, 4) is 0 Å². The molecule has 1 amide bonds. The van der Waals surface area contributed by atoms with Crippen LogP contribution in [0.1, 0.15) is 34.5 Å². The zero-order chi connectivity index (χ0) is 14.4. The molecule has 0 atom stereocenters. The van der Waals surface area contributed by atoms with Gasteiger partial charge in [0.15, 0.2) is 0 Å². The van der Waals surface area contributed by atoms with Crippen molar-refractivity contribution in [3.05, 3.63) is 47.3 Å². The van der Waals surface area contributed by atoms with Gasteiger partial charge >= 0.3 is 0 Å². The largest absolute Gasteiger partial charge is 0.366 e. The van der Waals surface area contributed by atoms with Gasteiger partial charge in [0, 0.05) is 11.8 Å². The van der Waals surface area contributed by atoms with Crippen molar-refractivity contribution in [2.75, 3.05) is 6.54 Å². The Bertz CT molecular complexity index is 561. The lowest BCUT2D eigenvalue weighted by Crippen LogP contribution is -2.10. The molecule has 0 spiro atoms. The molecule has 0 aliphatic carbocycles. The predicted molar refractivity (Wildman–Crippen MR) is 76.1 cm³/mol. The van der Waals surface area contributed by atoms with Gasteiger partial charge in [-0.05, 0) is 43.5 Å². The number of carbonyl (C=O) groups is 1. The van der Waals surface area contributed by atoms with Gasteiger partial charge in [-0.25, -0.2) is 4.68 Å². The number of hydrogen-bond donors (Lipinski definition) is 2. The summed E-state index contributed by atoms with van der Waals surface area (Å²) in [5, 5.41) is 8.22. The van der Waals surface area contributed by atoms with Crippen LogP contribution in [0, 0.1) is 0 Å². The van der Waals surface area contributed by atoms with Crippen molar-refractivity contribution in [2.45, 2.75) is 25.8 Å². The maximum absolute atomic E-state index is 11.0. The average molecular weight is 273 g/mol. The molecule has 2 aromatic rings. The Morgan fingerprint density at radius 1 is 1.20 bits per heavy atom. The Labute approximate surface area is 117 Å².